The average molecular weight is 637 g/mol. The molecule has 0 saturated carbocycles. The van der Waals surface area contributed by atoms with Crippen LogP contribution >= 0.6 is 0 Å². The van der Waals surface area contributed by atoms with E-state index in [-0.39, 0.29) is 11.8 Å². The van der Waals surface area contributed by atoms with Gasteiger partial charge in [-0.2, -0.15) is 10.5 Å². The molecule has 3 aromatic rings. The second-order valence-corrected chi connectivity index (χ2v) is 14.4. The van der Waals surface area contributed by atoms with Crippen molar-refractivity contribution in [1.29, 1.82) is 10.5 Å². The Kier molecular flexibility index (Phi) is 7.28. The summed E-state index contributed by atoms with van der Waals surface area (Å²) < 4.78 is 2.49. The van der Waals surface area contributed by atoms with Crippen LogP contribution in [-0.2, 0) is 6.42 Å². The molecule has 1 aromatic heterocycles. The first-order valence-electron chi connectivity index (χ1n) is 18.0. The van der Waals surface area contributed by atoms with E-state index in [1.807, 2.05) is 0 Å². The Hall–Kier alpha value is -5.32. The summed E-state index contributed by atoms with van der Waals surface area (Å²) in [4.78, 5) is 2.59. The third kappa shape index (κ3) is 4.69. The highest BCUT2D eigenvalue weighted by atomic mass is 15.2. The Bertz CT molecular complexity index is 2180. The number of nitrogens with zero attached hydrogens (tertiary/aromatic N) is 4. The number of anilines is 1. The van der Waals surface area contributed by atoms with E-state index in [1.165, 1.54) is 39.5 Å². The van der Waals surface area contributed by atoms with Crippen LogP contribution in [0.4, 0.5) is 5.69 Å². The van der Waals surface area contributed by atoms with Crippen LogP contribution in [0.3, 0.4) is 0 Å². The first-order valence-corrected chi connectivity index (χ1v) is 18.0. The van der Waals surface area contributed by atoms with E-state index >= 15 is 0 Å². The van der Waals surface area contributed by atoms with Crippen LogP contribution in [0, 0.1) is 28.6 Å². The number of hydrogen-bond donors (Lipinski definition) is 0. The Morgan fingerprint density at radius 1 is 0.857 bits per heavy atom. The molecule has 6 aliphatic rings. The second-order valence-electron chi connectivity index (χ2n) is 14.4. The Morgan fingerprint density at radius 2 is 1.73 bits per heavy atom. The summed E-state index contributed by atoms with van der Waals surface area (Å²) in [7, 11) is 0. The maximum Gasteiger partial charge on any atom is 0.0994 e. The molecule has 2 heterocycles. The quantitative estimate of drug-likeness (QED) is 0.268. The lowest BCUT2D eigenvalue weighted by Gasteiger charge is -2.35. The molecule has 0 amide bonds. The maximum atomic E-state index is 10.6. The Balaban J connectivity index is 1.11. The zero-order valence-electron chi connectivity index (χ0n) is 28.0. The van der Waals surface area contributed by atoms with Crippen molar-refractivity contribution < 1.29 is 0 Å². The van der Waals surface area contributed by atoms with E-state index in [0.717, 1.165) is 60.9 Å². The number of rotatable bonds is 4. The fourth-order valence-corrected chi connectivity index (χ4v) is 9.49. The molecule has 1 aliphatic heterocycles. The van der Waals surface area contributed by atoms with Crippen LogP contribution in [-0.4, -0.2) is 10.6 Å². The predicted octanol–water partition coefficient (Wildman–Crippen LogP) is 10.6. The molecule has 5 aliphatic carbocycles. The van der Waals surface area contributed by atoms with Gasteiger partial charge in [-0.3, -0.25) is 0 Å². The first-order chi connectivity index (χ1) is 24.2. The van der Waals surface area contributed by atoms with Gasteiger partial charge in [-0.1, -0.05) is 91.9 Å². The van der Waals surface area contributed by atoms with Gasteiger partial charge >= 0.3 is 0 Å². The molecule has 0 saturated heterocycles. The molecule has 5 atom stereocenters. The molecule has 4 heteroatoms. The van der Waals surface area contributed by atoms with Crippen LogP contribution in [0.5, 0.6) is 0 Å². The van der Waals surface area contributed by atoms with Crippen molar-refractivity contribution in [2.75, 3.05) is 4.90 Å². The standard InChI is InChI=1S/C45H40N4/c1-29-11-8-18-39-38-17-4-7-21-42(38)49(45(29)39)43-22-10-13-32(27-46)44(43)31-23-24-35(33(25-31)28-47)30-12-9-14-34(26-30)48-40-19-5-2-15-36(40)37-16-3-6-20-41(37)48/h2-5,8-10,12,14-19,22-25,29-30,32,37,41H,6-7,11,13,20-21,26H2,1H3. The lowest BCUT2D eigenvalue weighted by Crippen LogP contribution is -2.35. The van der Waals surface area contributed by atoms with Crippen molar-refractivity contribution in [3.05, 3.63) is 148 Å². The number of aromatic nitrogens is 1. The lowest BCUT2D eigenvalue weighted by atomic mass is 9.82. The van der Waals surface area contributed by atoms with Crippen molar-refractivity contribution in [2.45, 2.75) is 75.7 Å². The lowest BCUT2D eigenvalue weighted by molar-refractivity contribution is 0.542. The summed E-state index contributed by atoms with van der Waals surface area (Å²) in [5, 5.41) is 21.1. The minimum Gasteiger partial charge on any atom is -0.341 e. The molecule has 240 valence electrons. The third-order valence-corrected chi connectivity index (χ3v) is 11.7. The van der Waals surface area contributed by atoms with Gasteiger partial charge in [-0.05, 0) is 85.9 Å². The van der Waals surface area contributed by atoms with Crippen molar-refractivity contribution in [1.82, 2.24) is 4.57 Å². The fourth-order valence-electron chi connectivity index (χ4n) is 9.49. The van der Waals surface area contributed by atoms with Gasteiger partial charge in [0, 0.05) is 63.3 Å². The molecule has 0 bridgehead atoms. The van der Waals surface area contributed by atoms with E-state index < -0.39 is 0 Å². The summed E-state index contributed by atoms with van der Waals surface area (Å²) in [6, 6.07) is 20.9. The van der Waals surface area contributed by atoms with E-state index in [9.17, 15) is 10.5 Å². The van der Waals surface area contributed by atoms with Gasteiger partial charge in [0.05, 0.1) is 29.3 Å². The molecular weight excluding hydrogens is 597 g/mol. The monoisotopic (exact) mass is 636 g/mol. The van der Waals surface area contributed by atoms with Crippen molar-refractivity contribution in [3.8, 4) is 12.1 Å². The van der Waals surface area contributed by atoms with Crippen LogP contribution in [0.25, 0.3) is 23.4 Å². The van der Waals surface area contributed by atoms with Gasteiger partial charge in [0.15, 0.2) is 0 Å². The van der Waals surface area contributed by atoms with Gasteiger partial charge in [-0.15, -0.1) is 0 Å². The van der Waals surface area contributed by atoms with Gasteiger partial charge in [0.25, 0.3) is 0 Å². The summed E-state index contributed by atoms with van der Waals surface area (Å²) in [6.45, 7) is 2.32. The first kappa shape index (κ1) is 29.8. The largest absolute Gasteiger partial charge is 0.341 e. The topological polar surface area (TPSA) is 55.8 Å². The number of fused-ring (bicyclic) bond motifs is 6. The maximum absolute atomic E-state index is 10.6. The zero-order valence-corrected chi connectivity index (χ0v) is 28.0. The fraction of sp³-hybridized carbons (Fsp3) is 0.289. The molecule has 0 N–H and O–H groups in total. The molecule has 9 rings (SSSR count). The Labute approximate surface area is 289 Å². The third-order valence-electron chi connectivity index (χ3n) is 11.7. The summed E-state index contributed by atoms with van der Waals surface area (Å²) >= 11 is 0. The average Bonchev–Trinajstić information content (AvgIpc) is 3.68. The highest BCUT2D eigenvalue weighted by Crippen LogP contribution is 2.50. The van der Waals surface area contributed by atoms with Crippen molar-refractivity contribution in [2.24, 2.45) is 5.92 Å². The van der Waals surface area contributed by atoms with Crippen LogP contribution < -0.4 is 4.90 Å². The smallest absolute Gasteiger partial charge is 0.0994 e. The molecule has 2 aromatic carbocycles. The zero-order chi connectivity index (χ0) is 33.1. The molecule has 5 unspecified atom stereocenters. The number of para-hydroxylation sites is 1. The molecular formula is C45H40N4. The summed E-state index contributed by atoms with van der Waals surface area (Å²) in [6.07, 6.45) is 31.8. The molecule has 0 radical (unpaired) electrons. The molecule has 0 spiro atoms. The van der Waals surface area contributed by atoms with Gasteiger partial charge < -0.3 is 9.47 Å². The van der Waals surface area contributed by atoms with Crippen LogP contribution in [0.1, 0.15) is 108 Å². The van der Waals surface area contributed by atoms with Crippen LogP contribution in [0.15, 0.2) is 103 Å². The van der Waals surface area contributed by atoms with Gasteiger partial charge in [0.1, 0.15) is 0 Å². The Morgan fingerprint density at radius 3 is 2.63 bits per heavy atom. The summed E-state index contributed by atoms with van der Waals surface area (Å²) in [5.74, 6) is 0.624. The van der Waals surface area contributed by atoms with E-state index in [0.29, 0.717) is 29.9 Å². The minimum atomic E-state index is -0.281. The summed E-state index contributed by atoms with van der Waals surface area (Å²) in [5.41, 5.74) is 14.2. The second kappa shape index (κ2) is 12.0. The van der Waals surface area contributed by atoms with E-state index in [2.05, 4.69) is 138 Å². The van der Waals surface area contributed by atoms with E-state index in [4.69, 9.17) is 0 Å². The molecule has 49 heavy (non-hydrogen) atoms. The molecule has 4 nitrogen and oxygen atoms in total. The molecule has 0 fully saturated rings. The van der Waals surface area contributed by atoms with Crippen LogP contribution in [0.2, 0.25) is 0 Å². The van der Waals surface area contributed by atoms with Crippen molar-refractivity contribution >= 4 is 29.1 Å². The van der Waals surface area contributed by atoms with Gasteiger partial charge in [-0.25, -0.2) is 0 Å². The highest BCUT2D eigenvalue weighted by molar-refractivity contribution is 5.93. The SMILES string of the molecule is CC1CC=Cc2c3c(n(C4=C(c5ccc(C6C=CC=C(N7c8ccccc8C8C=CCCC87)C6)c(C#N)c5)C(C#N)CC=C4)c21)CCC=C3. The minimum absolute atomic E-state index is 0.100. The number of hydrogen-bond acceptors (Lipinski definition) is 3. The van der Waals surface area contributed by atoms with Crippen molar-refractivity contribution in [3.63, 3.8) is 0 Å². The number of nitriles is 2. The van der Waals surface area contributed by atoms with E-state index in [1.54, 1.807) is 0 Å². The highest BCUT2D eigenvalue weighted by Gasteiger charge is 2.40. The number of allylic oxidation sites excluding steroid dienone is 11. The predicted molar refractivity (Wildman–Crippen MR) is 199 cm³/mol. The normalized spacial score (nSPS) is 26.1. The number of benzene rings is 2. The van der Waals surface area contributed by atoms with Gasteiger partial charge in [0.2, 0.25) is 0 Å².